The number of amides is 2. The fourth-order valence-corrected chi connectivity index (χ4v) is 3.18. The molecule has 2 amide bonds. The molecule has 0 bridgehead atoms. The summed E-state index contributed by atoms with van der Waals surface area (Å²) in [5.74, 6) is -0.350. The van der Waals surface area contributed by atoms with Crippen LogP contribution >= 0.6 is 11.6 Å². The van der Waals surface area contributed by atoms with Crippen LogP contribution in [0.1, 0.15) is 28.8 Å². The summed E-state index contributed by atoms with van der Waals surface area (Å²) in [5, 5.41) is 9.37. The van der Waals surface area contributed by atoms with E-state index < -0.39 is 0 Å². The zero-order chi connectivity index (χ0) is 19.9. The minimum atomic E-state index is -0.196. The molecule has 1 aliphatic heterocycles. The summed E-state index contributed by atoms with van der Waals surface area (Å²) < 4.78 is 5.51. The molecule has 3 rings (SSSR count). The molecular formula is C21H24ClN3O3. The summed E-state index contributed by atoms with van der Waals surface area (Å²) in [7, 11) is 0. The Bertz CT molecular complexity index is 851. The highest BCUT2D eigenvalue weighted by Crippen LogP contribution is 2.22. The van der Waals surface area contributed by atoms with Gasteiger partial charge in [0.15, 0.2) is 0 Å². The van der Waals surface area contributed by atoms with Crippen molar-refractivity contribution in [2.45, 2.75) is 25.9 Å². The van der Waals surface area contributed by atoms with E-state index in [4.69, 9.17) is 16.3 Å². The van der Waals surface area contributed by atoms with Crippen molar-refractivity contribution in [1.82, 2.24) is 5.32 Å². The lowest BCUT2D eigenvalue weighted by Crippen LogP contribution is -2.31. The Morgan fingerprint density at radius 3 is 2.82 bits per heavy atom. The van der Waals surface area contributed by atoms with Gasteiger partial charge < -0.3 is 20.7 Å². The van der Waals surface area contributed by atoms with Gasteiger partial charge in [0.1, 0.15) is 0 Å². The van der Waals surface area contributed by atoms with Gasteiger partial charge >= 0.3 is 0 Å². The Kier molecular flexibility index (Phi) is 6.90. The Labute approximate surface area is 169 Å². The molecule has 0 saturated carbocycles. The quantitative estimate of drug-likeness (QED) is 0.662. The fourth-order valence-electron chi connectivity index (χ4n) is 3.00. The summed E-state index contributed by atoms with van der Waals surface area (Å²) in [6, 6.07) is 12.4. The largest absolute Gasteiger partial charge is 0.376 e. The lowest BCUT2D eigenvalue weighted by molar-refractivity contribution is -0.114. The standard InChI is InChI=1S/C21H24ClN3O3/c1-14-18(22)8-3-9-19(14)25-20(26)13-23-16-6-2-5-15(11-16)21(27)24-12-17-7-4-10-28-17/h2-3,5-6,8-9,11,17,23H,4,7,10,12-13H2,1H3,(H,24,27)(H,25,26). The first-order valence-corrected chi connectivity index (χ1v) is 9.69. The molecule has 148 valence electrons. The van der Waals surface area contributed by atoms with E-state index in [-0.39, 0.29) is 24.5 Å². The molecule has 1 unspecified atom stereocenters. The molecule has 2 aromatic carbocycles. The lowest BCUT2D eigenvalue weighted by atomic mass is 10.1. The number of anilines is 2. The van der Waals surface area contributed by atoms with Gasteiger partial charge in [0.05, 0.1) is 12.6 Å². The minimum Gasteiger partial charge on any atom is -0.376 e. The average Bonchev–Trinajstić information content (AvgIpc) is 3.22. The van der Waals surface area contributed by atoms with Crippen LogP contribution in [0.3, 0.4) is 0 Å². The maximum atomic E-state index is 12.3. The monoisotopic (exact) mass is 401 g/mol. The van der Waals surface area contributed by atoms with Crippen LogP contribution in [0, 0.1) is 6.92 Å². The van der Waals surface area contributed by atoms with E-state index in [0.717, 1.165) is 25.0 Å². The molecule has 0 spiro atoms. The molecule has 2 aromatic rings. The molecule has 1 fully saturated rings. The highest BCUT2D eigenvalue weighted by Gasteiger charge is 2.16. The van der Waals surface area contributed by atoms with Gasteiger partial charge in [-0.05, 0) is 55.7 Å². The van der Waals surface area contributed by atoms with Crippen LogP contribution in [0.2, 0.25) is 5.02 Å². The fraction of sp³-hybridized carbons (Fsp3) is 0.333. The Balaban J connectivity index is 1.51. The van der Waals surface area contributed by atoms with Gasteiger partial charge in [-0.3, -0.25) is 9.59 Å². The molecule has 0 aromatic heterocycles. The van der Waals surface area contributed by atoms with Crippen molar-refractivity contribution >= 4 is 34.8 Å². The smallest absolute Gasteiger partial charge is 0.251 e. The number of hydrogen-bond donors (Lipinski definition) is 3. The third kappa shape index (κ3) is 5.47. The summed E-state index contributed by atoms with van der Waals surface area (Å²) >= 11 is 6.07. The van der Waals surface area contributed by atoms with Crippen molar-refractivity contribution < 1.29 is 14.3 Å². The normalized spacial score (nSPS) is 15.9. The van der Waals surface area contributed by atoms with Gasteiger partial charge in [-0.1, -0.05) is 23.7 Å². The van der Waals surface area contributed by atoms with Crippen LogP contribution < -0.4 is 16.0 Å². The van der Waals surface area contributed by atoms with Gasteiger partial charge in [0, 0.05) is 35.1 Å². The van der Waals surface area contributed by atoms with Crippen molar-refractivity contribution in [2.24, 2.45) is 0 Å². The van der Waals surface area contributed by atoms with Crippen LogP contribution in [0.5, 0.6) is 0 Å². The first kappa shape index (κ1) is 20.2. The molecule has 28 heavy (non-hydrogen) atoms. The third-order valence-electron chi connectivity index (χ3n) is 4.63. The SMILES string of the molecule is Cc1c(Cl)cccc1NC(=O)CNc1cccc(C(=O)NCC2CCCO2)c1. The topological polar surface area (TPSA) is 79.5 Å². The van der Waals surface area contributed by atoms with Crippen LogP contribution in [0.15, 0.2) is 42.5 Å². The van der Waals surface area contributed by atoms with Gasteiger partial charge in [-0.15, -0.1) is 0 Å². The van der Waals surface area contributed by atoms with Gasteiger partial charge in [-0.2, -0.15) is 0 Å². The second-order valence-electron chi connectivity index (χ2n) is 6.74. The number of benzene rings is 2. The van der Waals surface area contributed by atoms with Crippen molar-refractivity contribution in [3.8, 4) is 0 Å². The van der Waals surface area contributed by atoms with Crippen LogP contribution in [-0.4, -0.2) is 37.6 Å². The average molecular weight is 402 g/mol. The molecule has 3 N–H and O–H groups in total. The zero-order valence-corrected chi connectivity index (χ0v) is 16.5. The molecule has 1 saturated heterocycles. The third-order valence-corrected chi connectivity index (χ3v) is 5.04. The molecule has 0 aliphatic carbocycles. The molecule has 1 heterocycles. The van der Waals surface area contributed by atoms with Gasteiger partial charge in [0.25, 0.3) is 5.91 Å². The van der Waals surface area contributed by atoms with Crippen LogP contribution in [-0.2, 0) is 9.53 Å². The number of nitrogens with one attached hydrogen (secondary N) is 3. The van der Waals surface area contributed by atoms with E-state index in [1.165, 1.54) is 0 Å². The summed E-state index contributed by atoms with van der Waals surface area (Å²) in [5.41, 5.74) is 2.74. The Morgan fingerprint density at radius 1 is 1.21 bits per heavy atom. The second-order valence-corrected chi connectivity index (χ2v) is 7.15. The number of ether oxygens (including phenoxy) is 1. The number of carbonyl (C=O) groups excluding carboxylic acids is 2. The van der Waals surface area contributed by atoms with E-state index >= 15 is 0 Å². The molecule has 7 heteroatoms. The minimum absolute atomic E-state index is 0.0763. The summed E-state index contributed by atoms with van der Waals surface area (Å²) in [4.78, 5) is 24.5. The molecule has 1 aliphatic rings. The number of rotatable bonds is 7. The number of hydrogen-bond acceptors (Lipinski definition) is 4. The van der Waals surface area contributed by atoms with Crippen LogP contribution in [0.25, 0.3) is 0 Å². The summed E-state index contributed by atoms with van der Waals surface area (Å²) in [6.07, 6.45) is 2.11. The van der Waals surface area contributed by atoms with Crippen molar-refractivity contribution in [3.63, 3.8) is 0 Å². The van der Waals surface area contributed by atoms with E-state index in [1.54, 1.807) is 36.4 Å². The van der Waals surface area contributed by atoms with Gasteiger partial charge in [-0.25, -0.2) is 0 Å². The summed E-state index contributed by atoms with van der Waals surface area (Å²) in [6.45, 7) is 3.20. The molecule has 1 atom stereocenters. The highest BCUT2D eigenvalue weighted by molar-refractivity contribution is 6.31. The zero-order valence-electron chi connectivity index (χ0n) is 15.8. The maximum absolute atomic E-state index is 12.3. The predicted molar refractivity (Wildman–Crippen MR) is 111 cm³/mol. The molecular weight excluding hydrogens is 378 g/mol. The number of halogens is 1. The van der Waals surface area contributed by atoms with Crippen molar-refractivity contribution in [1.29, 1.82) is 0 Å². The van der Waals surface area contributed by atoms with E-state index in [9.17, 15) is 9.59 Å². The van der Waals surface area contributed by atoms with Crippen molar-refractivity contribution in [2.75, 3.05) is 30.3 Å². The van der Waals surface area contributed by atoms with Crippen LogP contribution in [0.4, 0.5) is 11.4 Å². The first-order valence-electron chi connectivity index (χ1n) is 9.31. The maximum Gasteiger partial charge on any atom is 0.251 e. The Hall–Kier alpha value is -2.57. The second kappa shape index (κ2) is 9.57. The highest BCUT2D eigenvalue weighted by atomic mass is 35.5. The van der Waals surface area contributed by atoms with E-state index in [2.05, 4.69) is 16.0 Å². The van der Waals surface area contributed by atoms with E-state index in [0.29, 0.717) is 28.5 Å². The predicted octanol–water partition coefficient (Wildman–Crippen LogP) is 3.61. The lowest BCUT2D eigenvalue weighted by Gasteiger charge is -2.12. The van der Waals surface area contributed by atoms with E-state index in [1.807, 2.05) is 13.0 Å². The Morgan fingerprint density at radius 2 is 2.04 bits per heavy atom. The molecule has 6 nitrogen and oxygen atoms in total. The number of carbonyl (C=O) groups is 2. The molecule has 0 radical (unpaired) electrons. The first-order chi connectivity index (χ1) is 13.5. The van der Waals surface area contributed by atoms with Crippen molar-refractivity contribution in [3.05, 3.63) is 58.6 Å². The van der Waals surface area contributed by atoms with Gasteiger partial charge in [0.2, 0.25) is 5.91 Å².